The van der Waals surface area contributed by atoms with E-state index in [1.165, 1.54) is 40.0 Å². The van der Waals surface area contributed by atoms with Crippen molar-refractivity contribution in [1.29, 1.82) is 0 Å². The average molecular weight is 432 g/mol. The Hall–Kier alpha value is -4.34. The van der Waals surface area contributed by atoms with Gasteiger partial charge in [-0.25, -0.2) is 9.67 Å². The maximum absolute atomic E-state index is 12.9. The first-order valence-corrected chi connectivity index (χ1v) is 9.93. The van der Waals surface area contributed by atoms with Gasteiger partial charge < -0.3 is 5.32 Å². The SMILES string of the molecule is Cc1ccccc1Cn1cnc2c(cnn2CCNC(=O)c2ccccc2[N+](=O)[O-])c1=O. The van der Waals surface area contributed by atoms with Crippen molar-refractivity contribution in [3.8, 4) is 0 Å². The molecule has 0 aliphatic carbocycles. The monoisotopic (exact) mass is 432 g/mol. The summed E-state index contributed by atoms with van der Waals surface area (Å²) in [6.07, 6.45) is 2.95. The van der Waals surface area contributed by atoms with Gasteiger partial charge >= 0.3 is 0 Å². The molecule has 0 spiro atoms. The van der Waals surface area contributed by atoms with E-state index < -0.39 is 10.8 Å². The predicted octanol–water partition coefficient (Wildman–Crippen LogP) is 2.29. The zero-order chi connectivity index (χ0) is 22.7. The zero-order valence-electron chi connectivity index (χ0n) is 17.3. The van der Waals surface area contributed by atoms with E-state index in [4.69, 9.17) is 0 Å². The first-order chi connectivity index (χ1) is 15.5. The molecule has 0 bridgehead atoms. The van der Waals surface area contributed by atoms with Crippen LogP contribution in [0.4, 0.5) is 5.69 Å². The fourth-order valence-electron chi connectivity index (χ4n) is 3.44. The number of aromatic nitrogens is 4. The van der Waals surface area contributed by atoms with Crippen molar-refractivity contribution in [3.05, 3.63) is 98.2 Å². The van der Waals surface area contributed by atoms with Crippen LogP contribution < -0.4 is 10.9 Å². The van der Waals surface area contributed by atoms with E-state index in [-0.39, 0.29) is 29.9 Å². The molecular formula is C22H20N6O4. The van der Waals surface area contributed by atoms with E-state index in [2.05, 4.69) is 15.4 Å². The van der Waals surface area contributed by atoms with E-state index in [0.29, 0.717) is 17.6 Å². The van der Waals surface area contributed by atoms with Crippen LogP contribution in [0.2, 0.25) is 0 Å². The normalized spacial score (nSPS) is 10.9. The third-order valence-corrected chi connectivity index (χ3v) is 5.18. The van der Waals surface area contributed by atoms with E-state index in [1.807, 2.05) is 31.2 Å². The van der Waals surface area contributed by atoms with Gasteiger partial charge in [-0.05, 0) is 24.1 Å². The second kappa shape index (κ2) is 8.80. The second-order valence-electron chi connectivity index (χ2n) is 7.24. The van der Waals surface area contributed by atoms with Crippen molar-refractivity contribution in [2.45, 2.75) is 20.0 Å². The lowest BCUT2D eigenvalue weighted by molar-refractivity contribution is -0.385. The summed E-state index contributed by atoms with van der Waals surface area (Å²) in [5.74, 6) is -0.553. The lowest BCUT2D eigenvalue weighted by Gasteiger charge is -2.09. The Balaban J connectivity index is 1.48. The first-order valence-electron chi connectivity index (χ1n) is 9.93. The number of carbonyl (C=O) groups is 1. The van der Waals surface area contributed by atoms with Crippen LogP contribution in [-0.2, 0) is 13.1 Å². The number of rotatable bonds is 7. The van der Waals surface area contributed by atoms with E-state index >= 15 is 0 Å². The Morgan fingerprint density at radius 2 is 1.91 bits per heavy atom. The van der Waals surface area contributed by atoms with Crippen molar-refractivity contribution in [2.24, 2.45) is 0 Å². The molecule has 4 rings (SSSR count). The summed E-state index contributed by atoms with van der Waals surface area (Å²) >= 11 is 0. The van der Waals surface area contributed by atoms with Crippen molar-refractivity contribution < 1.29 is 9.72 Å². The van der Waals surface area contributed by atoms with Gasteiger partial charge in [0.2, 0.25) is 0 Å². The van der Waals surface area contributed by atoms with Gasteiger partial charge in [-0.3, -0.25) is 24.3 Å². The quantitative estimate of drug-likeness (QED) is 0.353. The zero-order valence-corrected chi connectivity index (χ0v) is 17.3. The van der Waals surface area contributed by atoms with Crippen LogP contribution in [0.3, 0.4) is 0 Å². The predicted molar refractivity (Wildman–Crippen MR) is 117 cm³/mol. The Bertz CT molecular complexity index is 1370. The van der Waals surface area contributed by atoms with E-state index in [1.54, 1.807) is 6.07 Å². The van der Waals surface area contributed by atoms with Gasteiger partial charge in [0.15, 0.2) is 5.65 Å². The first kappa shape index (κ1) is 20.9. The molecule has 2 aromatic heterocycles. The highest BCUT2D eigenvalue weighted by Crippen LogP contribution is 2.17. The molecule has 4 aromatic rings. The lowest BCUT2D eigenvalue weighted by atomic mass is 10.1. The molecule has 0 saturated heterocycles. The molecule has 0 aliphatic heterocycles. The van der Waals surface area contributed by atoms with Crippen molar-refractivity contribution in [2.75, 3.05) is 6.54 Å². The number of para-hydroxylation sites is 1. The van der Waals surface area contributed by atoms with Crippen LogP contribution in [0.15, 0.2) is 65.8 Å². The number of hydrogen-bond acceptors (Lipinski definition) is 6. The molecule has 2 aromatic carbocycles. The Morgan fingerprint density at radius 1 is 1.16 bits per heavy atom. The van der Waals surface area contributed by atoms with Crippen LogP contribution in [0.1, 0.15) is 21.5 Å². The molecule has 0 atom stereocenters. The maximum Gasteiger partial charge on any atom is 0.282 e. The number of nitro groups is 1. The summed E-state index contributed by atoms with van der Waals surface area (Å²) in [5.41, 5.74) is 2.06. The van der Waals surface area contributed by atoms with Gasteiger partial charge in [-0.15, -0.1) is 0 Å². The molecule has 10 nitrogen and oxygen atoms in total. The minimum Gasteiger partial charge on any atom is -0.350 e. The summed E-state index contributed by atoms with van der Waals surface area (Å²) in [7, 11) is 0. The van der Waals surface area contributed by atoms with Gasteiger partial charge in [0, 0.05) is 12.6 Å². The molecule has 0 saturated carbocycles. The molecule has 0 radical (unpaired) electrons. The van der Waals surface area contributed by atoms with Crippen molar-refractivity contribution >= 4 is 22.6 Å². The molecule has 0 fully saturated rings. The molecule has 1 N–H and O–H groups in total. The number of aryl methyl sites for hydroxylation is 1. The number of amides is 1. The van der Waals surface area contributed by atoms with Gasteiger partial charge in [-0.1, -0.05) is 36.4 Å². The van der Waals surface area contributed by atoms with Gasteiger partial charge in [0.05, 0.1) is 24.2 Å². The van der Waals surface area contributed by atoms with E-state index in [0.717, 1.165) is 11.1 Å². The third-order valence-electron chi connectivity index (χ3n) is 5.18. The number of fused-ring (bicyclic) bond motifs is 1. The Labute approximate surface area is 182 Å². The summed E-state index contributed by atoms with van der Waals surface area (Å²) < 4.78 is 3.06. The standard InChI is InChI=1S/C22H20N6O4/c1-15-6-2-3-7-16(15)13-26-14-24-20-18(22(26)30)12-25-27(20)11-10-23-21(29)17-8-4-5-9-19(17)28(31)32/h2-9,12,14H,10-11,13H2,1H3,(H,23,29). The smallest absolute Gasteiger partial charge is 0.282 e. The highest BCUT2D eigenvalue weighted by Gasteiger charge is 2.19. The number of nitrogens with one attached hydrogen (secondary N) is 1. The minimum absolute atomic E-state index is 0.0139. The van der Waals surface area contributed by atoms with Crippen LogP contribution in [0.25, 0.3) is 11.0 Å². The summed E-state index contributed by atoms with van der Waals surface area (Å²) in [5, 5.41) is 18.3. The third kappa shape index (κ3) is 4.10. The van der Waals surface area contributed by atoms with Gasteiger partial charge in [0.1, 0.15) is 17.3 Å². The van der Waals surface area contributed by atoms with Gasteiger partial charge in [0.25, 0.3) is 17.2 Å². The molecule has 2 heterocycles. The average Bonchev–Trinajstić information content (AvgIpc) is 3.20. The largest absolute Gasteiger partial charge is 0.350 e. The minimum atomic E-state index is -0.595. The number of hydrogen-bond donors (Lipinski definition) is 1. The summed E-state index contributed by atoms with van der Waals surface area (Å²) in [6, 6.07) is 13.6. The number of nitro benzene ring substituents is 1. The molecule has 1 amide bonds. The highest BCUT2D eigenvalue weighted by molar-refractivity contribution is 5.98. The number of carbonyl (C=O) groups excluding carboxylic acids is 1. The van der Waals surface area contributed by atoms with Crippen molar-refractivity contribution in [3.63, 3.8) is 0 Å². The van der Waals surface area contributed by atoms with Crippen LogP contribution >= 0.6 is 0 Å². The van der Waals surface area contributed by atoms with Gasteiger partial charge in [-0.2, -0.15) is 5.10 Å². The van der Waals surface area contributed by atoms with Crippen LogP contribution in [-0.4, -0.2) is 36.7 Å². The van der Waals surface area contributed by atoms with Crippen LogP contribution in [0, 0.1) is 17.0 Å². The fourth-order valence-corrected chi connectivity index (χ4v) is 3.44. The summed E-state index contributed by atoms with van der Waals surface area (Å²) in [6.45, 7) is 2.81. The van der Waals surface area contributed by atoms with Crippen molar-refractivity contribution in [1.82, 2.24) is 24.6 Å². The molecule has 162 valence electrons. The van der Waals surface area contributed by atoms with E-state index in [9.17, 15) is 19.7 Å². The van der Waals surface area contributed by atoms with Crippen LogP contribution in [0.5, 0.6) is 0 Å². The molecule has 0 aliphatic rings. The molecule has 0 unspecified atom stereocenters. The number of nitrogens with zero attached hydrogens (tertiary/aromatic N) is 5. The Kier molecular flexibility index (Phi) is 5.75. The second-order valence-corrected chi connectivity index (χ2v) is 7.24. The fraction of sp³-hybridized carbons (Fsp3) is 0.182. The number of benzene rings is 2. The highest BCUT2D eigenvalue weighted by atomic mass is 16.6. The molecular weight excluding hydrogens is 412 g/mol. The Morgan fingerprint density at radius 3 is 2.69 bits per heavy atom. The molecule has 10 heteroatoms. The topological polar surface area (TPSA) is 125 Å². The maximum atomic E-state index is 12.9. The summed E-state index contributed by atoms with van der Waals surface area (Å²) in [4.78, 5) is 40.1. The molecule has 32 heavy (non-hydrogen) atoms. The lowest BCUT2D eigenvalue weighted by Crippen LogP contribution is -2.28.